The van der Waals surface area contributed by atoms with E-state index in [9.17, 15) is 14.0 Å². The van der Waals surface area contributed by atoms with Crippen LogP contribution in [0.2, 0.25) is 0 Å². The van der Waals surface area contributed by atoms with Crippen molar-refractivity contribution in [3.63, 3.8) is 0 Å². The normalized spacial score (nSPS) is 13.8. The highest BCUT2D eigenvalue weighted by molar-refractivity contribution is 6.06. The zero-order valence-corrected chi connectivity index (χ0v) is 14.8. The number of para-hydroxylation sites is 1. The molecular formula is C18H25FN4O2. The quantitative estimate of drug-likeness (QED) is 0.767. The number of rotatable bonds is 8. The molecule has 2 aromatic rings. The maximum Gasteiger partial charge on any atom is 0.273 e. The molecule has 0 bridgehead atoms. The van der Waals surface area contributed by atoms with Crippen molar-refractivity contribution in [2.45, 2.75) is 52.4 Å². The Bertz CT molecular complexity index is 757. The van der Waals surface area contributed by atoms with Gasteiger partial charge in [0.25, 0.3) is 5.91 Å². The Balaban J connectivity index is 2.31. The average molecular weight is 348 g/mol. The highest BCUT2D eigenvalue weighted by Crippen LogP contribution is 2.20. The van der Waals surface area contributed by atoms with E-state index in [2.05, 4.69) is 10.4 Å². The lowest BCUT2D eigenvalue weighted by atomic mass is 10.0. The first-order chi connectivity index (χ1) is 11.8. The molecule has 0 aliphatic rings. The second-order valence-electron chi connectivity index (χ2n) is 6.48. The van der Waals surface area contributed by atoms with Gasteiger partial charge in [-0.15, -0.1) is 0 Å². The lowest BCUT2D eigenvalue weighted by Crippen LogP contribution is -2.47. The number of carbonyl (C=O) groups excluding carboxylic acids is 2. The monoisotopic (exact) mass is 348 g/mol. The molecule has 0 saturated carbocycles. The number of primary amides is 1. The first-order valence-corrected chi connectivity index (χ1v) is 8.54. The fourth-order valence-electron chi connectivity index (χ4n) is 2.71. The highest BCUT2D eigenvalue weighted by Gasteiger charge is 2.25. The zero-order valence-electron chi connectivity index (χ0n) is 14.8. The first kappa shape index (κ1) is 18.9. The number of nitrogens with two attached hydrogens (primary N) is 1. The van der Waals surface area contributed by atoms with E-state index < -0.39 is 24.0 Å². The molecule has 7 heteroatoms. The molecule has 2 rings (SSSR count). The number of nitrogens with zero attached hydrogens (tertiary/aromatic N) is 2. The van der Waals surface area contributed by atoms with Gasteiger partial charge in [0.15, 0.2) is 5.69 Å². The number of fused-ring (bicyclic) bond motifs is 1. The molecule has 1 heterocycles. The lowest BCUT2D eigenvalue weighted by molar-refractivity contribution is -0.120. The highest BCUT2D eigenvalue weighted by atomic mass is 19.1. The number of alkyl halides is 1. The van der Waals surface area contributed by atoms with E-state index in [4.69, 9.17) is 5.73 Å². The van der Waals surface area contributed by atoms with Crippen LogP contribution < -0.4 is 11.1 Å². The number of nitrogens with one attached hydrogen (secondary N) is 1. The van der Waals surface area contributed by atoms with Crippen molar-refractivity contribution < 1.29 is 14.0 Å². The van der Waals surface area contributed by atoms with Crippen LogP contribution >= 0.6 is 0 Å². The number of hydrogen-bond acceptors (Lipinski definition) is 3. The van der Waals surface area contributed by atoms with Crippen molar-refractivity contribution in [3.8, 4) is 0 Å². The molecule has 0 fully saturated rings. The Morgan fingerprint density at radius 3 is 2.60 bits per heavy atom. The van der Waals surface area contributed by atoms with E-state index in [0.29, 0.717) is 24.8 Å². The number of carbonyl (C=O) groups is 2. The van der Waals surface area contributed by atoms with Gasteiger partial charge in [0.1, 0.15) is 12.2 Å². The van der Waals surface area contributed by atoms with E-state index in [1.54, 1.807) is 31.5 Å². The van der Waals surface area contributed by atoms with E-state index in [-0.39, 0.29) is 11.6 Å². The van der Waals surface area contributed by atoms with Crippen LogP contribution in [0.25, 0.3) is 10.9 Å². The van der Waals surface area contributed by atoms with Crippen LogP contribution in [0, 0.1) is 5.92 Å². The molecule has 25 heavy (non-hydrogen) atoms. The molecule has 0 aliphatic heterocycles. The van der Waals surface area contributed by atoms with E-state index in [1.165, 1.54) is 0 Å². The first-order valence-electron chi connectivity index (χ1n) is 8.54. The molecule has 2 atom stereocenters. The van der Waals surface area contributed by atoms with Crippen LogP contribution in [-0.2, 0) is 11.3 Å². The molecule has 0 unspecified atom stereocenters. The predicted octanol–water partition coefficient (Wildman–Crippen LogP) is 2.41. The molecule has 3 N–H and O–H groups in total. The maximum absolute atomic E-state index is 13.6. The summed E-state index contributed by atoms with van der Waals surface area (Å²) in [4.78, 5) is 24.1. The van der Waals surface area contributed by atoms with Gasteiger partial charge in [-0.05, 0) is 24.8 Å². The fourth-order valence-corrected chi connectivity index (χ4v) is 2.71. The molecular weight excluding hydrogens is 323 g/mol. The summed E-state index contributed by atoms with van der Waals surface area (Å²) in [6, 6.07) is 6.51. The van der Waals surface area contributed by atoms with Gasteiger partial charge >= 0.3 is 0 Å². The standard InChI is InChI=1S/C18H25FN4O2/c1-4-12(19)9-10-23-14-8-6-5-7-13(14)16(22-23)18(25)21-15(11(2)3)17(20)24/h5-8,11-12,15H,4,9-10H2,1-3H3,(H2,20,24)(H,21,25)/t12-,15+/m1/s1. The molecule has 1 aromatic carbocycles. The third-order valence-corrected chi connectivity index (χ3v) is 4.23. The number of halogens is 1. The molecule has 1 aromatic heterocycles. The Morgan fingerprint density at radius 2 is 2.00 bits per heavy atom. The summed E-state index contributed by atoms with van der Waals surface area (Å²) in [5.41, 5.74) is 6.33. The minimum atomic E-state index is -0.902. The summed E-state index contributed by atoms with van der Waals surface area (Å²) >= 11 is 0. The van der Waals surface area contributed by atoms with Crippen LogP contribution in [-0.4, -0.2) is 33.8 Å². The van der Waals surface area contributed by atoms with Gasteiger partial charge in [0.05, 0.1) is 5.52 Å². The molecule has 0 radical (unpaired) electrons. The predicted molar refractivity (Wildman–Crippen MR) is 94.8 cm³/mol. The minimum Gasteiger partial charge on any atom is -0.368 e. The number of benzene rings is 1. The van der Waals surface area contributed by atoms with Gasteiger partial charge in [0, 0.05) is 11.9 Å². The number of aryl methyl sites for hydroxylation is 1. The van der Waals surface area contributed by atoms with Crippen molar-refractivity contribution in [2.75, 3.05) is 0 Å². The second kappa shape index (κ2) is 8.09. The summed E-state index contributed by atoms with van der Waals surface area (Å²) in [6.45, 7) is 5.78. The van der Waals surface area contributed by atoms with Gasteiger partial charge in [-0.3, -0.25) is 14.3 Å². The zero-order chi connectivity index (χ0) is 18.6. The lowest BCUT2D eigenvalue weighted by Gasteiger charge is -2.18. The van der Waals surface area contributed by atoms with Crippen molar-refractivity contribution in [3.05, 3.63) is 30.0 Å². The molecule has 0 saturated heterocycles. The summed E-state index contributed by atoms with van der Waals surface area (Å²) in [5, 5.41) is 7.67. The Hall–Kier alpha value is -2.44. The molecule has 0 spiro atoms. The second-order valence-corrected chi connectivity index (χ2v) is 6.48. The van der Waals surface area contributed by atoms with Crippen LogP contribution in [0.5, 0.6) is 0 Å². The van der Waals surface area contributed by atoms with Gasteiger partial charge in [0.2, 0.25) is 5.91 Å². The van der Waals surface area contributed by atoms with Crippen LogP contribution in [0.1, 0.15) is 44.1 Å². The SMILES string of the molecule is CC[C@@H](F)CCn1nc(C(=O)N[C@H](C(N)=O)C(C)C)c2ccccc21. The van der Waals surface area contributed by atoms with Gasteiger partial charge < -0.3 is 11.1 Å². The molecule has 6 nitrogen and oxygen atoms in total. The average Bonchev–Trinajstić information content (AvgIpc) is 2.95. The Morgan fingerprint density at radius 1 is 1.32 bits per heavy atom. The van der Waals surface area contributed by atoms with Gasteiger partial charge in [-0.25, -0.2) is 4.39 Å². The van der Waals surface area contributed by atoms with Gasteiger partial charge in [-0.1, -0.05) is 39.0 Å². The topological polar surface area (TPSA) is 90.0 Å². The Labute approximate surface area is 146 Å². The summed E-state index contributed by atoms with van der Waals surface area (Å²) in [5.74, 6) is -1.18. The summed E-state index contributed by atoms with van der Waals surface area (Å²) < 4.78 is 15.2. The largest absolute Gasteiger partial charge is 0.368 e. The van der Waals surface area contributed by atoms with Crippen LogP contribution in [0.4, 0.5) is 4.39 Å². The maximum atomic E-state index is 13.6. The van der Waals surface area contributed by atoms with Gasteiger partial charge in [-0.2, -0.15) is 5.10 Å². The van der Waals surface area contributed by atoms with Crippen molar-refractivity contribution >= 4 is 22.7 Å². The molecule has 2 amide bonds. The van der Waals surface area contributed by atoms with E-state index in [0.717, 1.165) is 5.52 Å². The summed E-state index contributed by atoms with van der Waals surface area (Å²) in [7, 11) is 0. The third kappa shape index (κ3) is 4.35. The van der Waals surface area contributed by atoms with E-state index >= 15 is 0 Å². The fraction of sp³-hybridized carbons (Fsp3) is 0.500. The molecule has 136 valence electrons. The summed E-state index contributed by atoms with van der Waals surface area (Å²) in [6.07, 6.45) is -0.124. The molecule has 0 aliphatic carbocycles. The van der Waals surface area contributed by atoms with Crippen molar-refractivity contribution in [2.24, 2.45) is 11.7 Å². The number of aromatic nitrogens is 2. The smallest absolute Gasteiger partial charge is 0.273 e. The van der Waals surface area contributed by atoms with Crippen LogP contribution in [0.3, 0.4) is 0 Å². The third-order valence-electron chi connectivity index (χ3n) is 4.23. The Kier molecular flexibility index (Phi) is 6.12. The van der Waals surface area contributed by atoms with Crippen LogP contribution in [0.15, 0.2) is 24.3 Å². The van der Waals surface area contributed by atoms with Crippen molar-refractivity contribution in [1.82, 2.24) is 15.1 Å². The number of hydrogen-bond donors (Lipinski definition) is 2. The minimum absolute atomic E-state index is 0.133. The van der Waals surface area contributed by atoms with E-state index in [1.807, 2.05) is 18.2 Å². The van der Waals surface area contributed by atoms with Crippen molar-refractivity contribution in [1.29, 1.82) is 0 Å². The number of amides is 2.